The Morgan fingerprint density at radius 1 is 1.35 bits per heavy atom. The average molecular weight is 296 g/mol. The maximum Gasteiger partial charge on any atom is 0.237 e. The normalized spacial score (nSPS) is 11.2. The summed E-state index contributed by atoms with van der Waals surface area (Å²) >= 11 is 5.12. The third-order valence-electron chi connectivity index (χ3n) is 3.34. The Kier molecular flexibility index (Phi) is 6.07. The van der Waals surface area contributed by atoms with Crippen LogP contribution < -0.4 is 11.1 Å². The lowest BCUT2D eigenvalue weighted by Crippen LogP contribution is -2.46. The van der Waals surface area contributed by atoms with Gasteiger partial charge < -0.3 is 11.1 Å². The lowest BCUT2D eigenvalue weighted by molar-refractivity contribution is -0.122. The first-order chi connectivity index (χ1) is 9.46. The van der Waals surface area contributed by atoms with Crippen LogP contribution in [0.15, 0.2) is 24.3 Å². The van der Waals surface area contributed by atoms with Crippen LogP contribution in [0.5, 0.6) is 0 Å². The molecule has 0 aliphatic heterocycles. The van der Waals surface area contributed by atoms with Gasteiger partial charge in [0.1, 0.15) is 5.82 Å². The van der Waals surface area contributed by atoms with Gasteiger partial charge in [-0.05, 0) is 31.0 Å². The van der Waals surface area contributed by atoms with E-state index >= 15 is 0 Å². The smallest absolute Gasteiger partial charge is 0.237 e. The van der Waals surface area contributed by atoms with Crippen LogP contribution in [0.2, 0.25) is 0 Å². The molecule has 0 fully saturated rings. The number of nitrogens with one attached hydrogen (secondary N) is 1. The first-order valence-corrected chi connectivity index (χ1v) is 7.24. The fraction of sp³-hybridized carbons (Fsp3) is 0.467. The maximum atomic E-state index is 13.2. The summed E-state index contributed by atoms with van der Waals surface area (Å²) < 4.78 is 13.2. The van der Waals surface area contributed by atoms with Crippen LogP contribution in [-0.4, -0.2) is 10.9 Å². The number of carbonyl (C=O) groups is 1. The van der Waals surface area contributed by atoms with Gasteiger partial charge in [0.2, 0.25) is 5.91 Å². The highest BCUT2D eigenvalue weighted by molar-refractivity contribution is 7.80. The van der Waals surface area contributed by atoms with Crippen LogP contribution in [0.25, 0.3) is 0 Å². The van der Waals surface area contributed by atoms with E-state index in [1.54, 1.807) is 12.1 Å². The van der Waals surface area contributed by atoms with Crippen LogP contribution in [0.4, 0.5) is 10.1 Å². The van der Waals surface area contributed by atoms with Crippen LogP contribution in [0, 0.1) is 11.2 Å². The summed E-state index contributed by atoms with van der Waals surface area (Å²) in [5.74, 6) is -0.644. The zero-order valence-corrected chi connectivity index (χ0v) is 12.7. The lowest BCUT2D eigenvalue weighted by Gasteiger charge is -2.31. The van der Waals surface area contributed by atoms with Crippen molar-refractivity contribution in [3.8, 4) is 0 Å². The number of amides is 1. The van der Waals surface area contributed by atoms with Crippen molar-refractivity contribution in [1.29, 1.82) is 0 Å². The van der Waals surface area contributed by atoms with Gasteiger partial charge in [-0.25, -0.2) is 4.39 Å². The maximum absolute atomic E-state index is 13.2. The summed E-state index contributed by atoms with van der Waals surface area (Å²) in [4.78, 5) is 12.8. The van der Waals surface area contributed by atoms with Crippen LogP contribution in [-0.2, 0) is 4.79 Å². The van der Waals surface area contributed by atoms with Crippen molar-refractivity contribution in [2.75, 3.05) is 5.32 Å². The highest BCUT2D eigenvalue weighted by Crippen LogP contribution is 2.32. The average Bonchev–Trinajstić information content (AvgIpc) is 2.37. The minimum Gasteiger partial charge on any atom is -0.392 e. The number of hydrogen-bond donors (Lipinski definition) is 2. The zero-order chi connectivity index (χ0) is 15.2. The van der Waals surface area contributed by atoms with E-state index in [0.29, 0.717) is 18.5 Å². The Bertz CT molecular complexity index is 485. The largest absolute Gasteiger partial charge is 0.392 e. The van der Waals surface area contributed by atoms with Crippen molar-refractivity contribution in [1.82, 2.24) is 0 Å². The molecule has 1 aromatic carbocycles. The molecule has 110 valence electrons. The van der Waals surface area contributed by atoms with E-state index < -0.39 is 11.2 Å². The van der Waals surface area contributed by atoms with Gasteiger partial charge in [0.25, 0.3) is 0 Å². The van der Waals surface area contributed by atoms with Crippen molar-refractivity contribution in [2.45, 2.75) is 39.5 Å². The number of halogens is 1. The highest BCUT2D eigenvalue weighted by atomic mass is 32.1. The first-order valence-electron chi connectivity index (χ1n) is 6.83. The number of carbonyl (C=O) groups excluding carboxylic acids is 1. The monoisotopic (exact) mass is 296 g/mol. The second-order valence-electron chi connectivity index (χ2n) is 4.91. The standard InChI is InChI=1S/C15H21FN2OS/c1-3-8-15(9-4-2,13(17)20)14(19)18-12-7-5-6-11(16)10-12/h5-7,10H,3-4,8-9H2,1-2H3,(H2,17,20)(H,18,19). The molecule has 3 N–H and O–H groups in total. The predicted octanol–water partition coefficient (Wildman–Crippen LogP) is 3.64. The summed E-state index contributed by atoms with van der Waals surface area (Å²) in [7, 11) is 0. The molecule has 0 radical (unpaired) electrons. The first kappa shape index (κ1) is 16.6. The molecule has 0 aromatic heterocycles. The molecule has 0 aliphatic rings. The summed E-state index contributed by atoms with van der Waals surface area (Å²) in [5, 5.41) is 2.73. The van der Waals surface area contributed by atoms with Gasteiger partial charge in [0.05, 0.1) is 10.4 Å². The predicted molar refractivity (Wildman–Crippen MR) is 84.1 cm³/mol. The van der Waals surface area contributed by atoms with Crippen molar-refractivity contribution in [2.24, 2.45) is 11.1 Å². The van der Waals surface area contributed by atoms with Crippen molar-refractivity contribution in [3.05, 3.63) is 30.1 Å². The minimum absolute atomic E-state index is 0.204. The quantitative estimate of drug-likeness (QED) is 0.755. The Labute approximate surface area is 124 Å². The van der Waals surface area contributed by atoms with E-state index in [1.807, 2.05) is 13.8 Å². The molecular formula is C15H21FN2OS. The highest BCUT2D eigenvalue weighted by Gasteiger charge is 2.39. The lowest BCUT2D eigenvalue weighted by atomic mass is 9.78. The second-order valence-corrected chi connectivity index (χ2v) is 5.35. The molecule has 0 aliphatic carbocycles. The fourth-order valence-electron chi connectivity index (χ4n) is 2.38. The molecule has 0 atom stereocenters. The summed E-state index contributed by atoms with van der Waals surface area (Å²) in [6.07, 6.45) is 2.79. The molecule has 1 aromatic rings. The minimum atomic E-state index is -0.856. The molecular weight excluding hydrogens is 275 g/mol. The van der Waals surface area contributed by atoms with Gasteiger partial charge in [0, 0.05) is 5.69 Å². The van der Waals surface area contributed by atoms with Gasteiger partial charge in [-0.1, -0.05) is 45.0 Å². The van der Waals surface area contributed by atoms with Gasteiger partial charge in [-0.3, -0.25) is 4.79 Å². The molecule has 0 unspecified atom stereocenters. The number of rotatable bonds is 7. The van der Waals surface area contributed by atoms with Gasteiger partial charge >= 0.3 is 0 Å². The molecule has 1 amide bonds. The molecule has 0 bridgehead atoms. The van der Waals surface area contributed by atoms with Crippen LogP contribution in [0.3, 0.4) is 0 Å². The second kappa shape index (κ2) is 7.33. The molecule has 0 saturated heterocycles. The Hall–Kier alpha value is -1.49. The van der Waals surface area contributed by atoms with Crippen molar-refractivity contribution < 1.29 is 9.18 Å². The number of thiocarbonyl (C=S) groups is 1. The van der Waals surface area contributed by atoms with Gasteiger partial charge in [-0.2, -0.15) is 0 Å². The zero-order valence-electron chi connectivity index (χ0n) is 11.9. The third kappa shape index (κ3) is 3.76. The van der Waals surface area contributed by atoms with Crippen molar-refractivity contribution >= 4 is 28.8 Å². The number of anilines is 1. The van der Waals surface area contributed by atoms with E-state index in [4.69, 9.17) is 18.0 Å². The molecule has 20 heavy (non-hydrogen) atoms. The Morgan fingerprint density at radius 2 is 1.95 bits per heavy atom. The molecule has 0 saturated carbocycles. The fourth-order valence-corrected chi connectivity index (χ4v) is 2.68. The summed E-state index contributed by atoms with van der Waals surface area (Å²) in [5.41, 5.74) is 5.39. The van der Waals surface area contributed by atoms with E-state index in [1.165, 1.54) is 12.1 Å². The number of nitrogens with two attached hydrogens (primary N) is 1. The number of benzene rings is 1. The van der Waals surface area contributed by atoms with E-state index in [0.717, 1.165) is 12.8 Å². The third-order valence-corrected chi connectivity index (χ3v) is 3.73. The topological polar surface area (TPSA) is 55.1 Å². The molecule has 1 rings (SSSR count). The van der Waals surface area contributed by atoms with Crippen molar-refractivity contribution in [3.63, 3.8) is 0 Å². The van der Waals surface area contributed by atoms with Gasteiger partial charge in [0.15, 0.2) is 0 Å². The molecule has 3 nitrogen and oxygen atoms in total. The number of hydrogen-bond acceptors (Lipinski definition) is 2. The van der Waals surface area contributed by atoms with E-state index in [-0.39, 0.29) is 10.9 Å². The van der Waals surface area contributed by atoms with E-state index in [9.17, 15) is 9.18 Å². The SMILES string of the molecule is CCCC(CCC)(C(=O)Nc1cccc(F)c1)C(N)=S. The van der Waals surface area contributed by atoms with Gasteiger partial charge in [-0.15, -0.1) is 0 Å². The molecule has 0 spiro atoms. The van der Waals surface area contributed by atoms with E-state index in [2.05, 4.69) is 5.32 Å². The molecule has 5 heteroatoms. The Balaban J connectivity index is 3.01. The van der Waals surface area contributed by atoms with Crippen LogP contribution in [0.1, 0.15) is 39.5 Å². The molecule has 0 heterocycles. The Morgan fingerprint density at radius 3 is 2.40 bits per heavy atom. The summed E-state index contributed by atoms with van der Waals surface area (Å²) in [6.45, 7) is 3.97. The van der Waals surface area contributed by atoms with Crippen LogP contribution >= 0.6 is 12.2 Å². The summed E-state index contributed by atoms with van der Waals surface area (Å²) in [6, 6.07) is 5.80.